The van der Waals surface area contributed by atoms with Crippen molar-refractivity contribution in [1.82, 2.24) is 10.6 Å². The van der Waals surface area contributed by atoms with Crippen LogP contribution in [0.25, 0.3) is 0 Å². The van der Waals surface area contributed by atoms with E-state index in [-0.39, 0.29) is 37.2 Å². The number of aryl methyl sites for hydroxylation is 1. The molecule has 0 saturated carbocycles. The maximum absolute atomic E-state index is 12.2. The molecule has 0 radical (unpaired) electrons. The van der Waals surface area contributed by atoms with Gasteiger partial charge >= 0.3 is 5.97 Å². The summed E-state index contributed by atoms with van der Waals surface area (Å²) < 4.78 is 0. The van der Waals surface area contributed by atoms with Crippen molar-refractivity contribution >= 4 is 29.4 Å². The fraction of sp³-hybridized carbons (Fsp3) is 0.500. The summed E-state index contributed by atoms with van der Waals surface area (Å²) >= 11 is 0. The normalized spacial score (nSPS) is 14.4. The first-order chi connectivity index (χ1) is 13.3. The molecule has 8 heteroatoms. The highest BCUT2D eigenvalue weighted by atomic mass is 16.4. The van der Waals surface area contributed by atoms with Crippen molar-refractivity contribution in [1.29, 1.82) is 0 Å². The number of fused-ring (bicyclic) bond motifs is 1. The van der Waals surface area contributed by atoms with Crippen molar-refractivity contribution in [3.63, 3.8) is 0 Å². The molecule has 0 unspecified atom stereocenters. The fourth-order valence-electron chi connectivity index (χ4n) is 3.16. The van der Waals surface area contributed by atoms with Crippen LogP contribution < -0.4 is 15.5 Å². The van der Waals surface area contributed by atoms with Crippen LogP contribution in [-0.4, -0.2) is 47.9 Å². The molecule has 3 N–H and O–H groups in total. The molecular formula is C20H27N3O5. The maximum atomic E-state index is 12.2. The van der Waals surface area contributed by atoms with E-state index in [2.05, 4.69) is 10.6 Å². The van der Waals surface area contributed by atoms with E-state index < -0.39 is 17.9 Å². The summed E-state index contributed by atoms with van der Waals surface area (Å²) in [7, 11) is 0. The molecule has 1 heterocycles. The topological polar surface area (TPSA) is 116 Å². The molecule has 1 aliphatic rings. The van der Waals surface area contributed by atoms with Gasteiger partial charge in [0.2, 0.25) is 17.7 Å². The lowest BCUT2D eigenvalue weighted by atomic mass is 10.0. The predicted molar refractivity (Wildman–Crippen MR) is 104 cm³/mol. The number of hydrogen-bond donors (Lipinski definition) is 3. The number of aliphatic carboxylic acids is 1. The van der Waals surface area contributed by atoms with Gasteiger partial charge in [0.05, 0.1) is 6.54 Å². The Balaban J connectivity index is 1.81. The highest BCUT2D eigenvalue weighted by molar-refractivity contribution is 5.97. The Bertz CT molecular complexity index is 747. The molecule has 0 aromatic heterocycles. The molecule has 152 valence electrons. The van der Waals surface area contributed by atoms with Crippen LogP contribution in [0.2, 0.25) is 0 Å². The van der Waals surface area contributed by atoms with Crippen LogP contribution in [0.5, 0.6) is 0 Å². The summed E-state index contributed by atoms with van der Waals surface area (Å²) in [5, 5.41) is 14.0. The van der Waals surface area contributed by atoms with Gasteiger partial charge in [-0.05, 0) is 30.4 Å². The van der Waals surface area contributed by atoms with E-state index in [0.717, 1.165) is 11.3 Å². The number of rotatable bonds is 9. The summed E-state index contributed by atoms with van der Waals surface area (Å²) in [6.45, 7) is 3.66. The third kappa shape index (κ3) is 6.07. The first-order valence-corrected chi connectivity index (χ1v) is 9.45. The first kappa shape index (κ1) is 21.4. The summed E-state index contributed by atoms with van der Waals surface area (Å²) in [6.07, 6.45) is 1.47. The Hall–Kier alpha value is -2.90. The van der Waals surface area contributed by atoms with Crippen LogP contribution in [-0.2, 0) is 25.6 Å². The Morgan fingerprint density at radius 2 is 1.86 bits per heavy atom. The standard InChI is InChI=1S/C20H27N3O5/c1-13(2)11-15(20(27)28)22-18(25)12-21-17(24)9-10-23-16-6-4-3-5-14(16)7-8-19(23)26/h3-6,13,15H,7-12H2,1-2H3,(H,21,24)(H,22,25)(H,27,28)/t15-/m0/s1. The Kier molecular flexibility index (Phi) is 7.54. The highest BCUT2D eigenvalue weighted by Gasteiger charge is 2.24. The van der Waals surface area contributed by atoms with Crippen molar-refractivity contribution in [3.05, 3.63) is 29.8 Å². The third-order valence-corrected chi connectivity index (χ3v) is 4.54. The summed E-state index contributed by atoms with van der Waals surface area (Å²) in [5.41, 5.74) is 1.90. The van der Waals surface area contributed by atoms with Gasteiger partial charge in [0.25, 0.3) is 0 Å². The van der Waals surface area contributed by atoms with Crippen molar-refractivity contribution in [2.75, 3.05) is 18.0 Å². The number of nitrogens with one attached hydrogen (secondary N) is 2. The molecule has 0 fully saturated rings. The molecule has 3 amide bonds. The van der Waals surface area contributed by atoms with Crippen LogP contribution in [0, 0.1) is 5.92 Å². The molecule has 28 heavy (non-hydrogen) atoms. The zero-order valence-corrected chi connectivity index (χ0v) is 16.2. The average molecular weight is 389 g/mol. The third-order valence-electron chi connectivity index (χ3n) is 4.54. The highest BCUT2D eigenvalue weighted by Crippen LogP contribution is 2.27. The molecule has 1 atom stereocenters. The zero-order chi connectivity index (χ0) is 20.7. The summed E-state index contributed by atoms with van der Waals surface area (Å²) in [6, 6.07) is 6.62. The summed E-state index contributed by atoms with van der Waals surface area (Å²) in [4.78, 5) is 48.9. The first-order valence-electron chi connectivity index (χ1n) is 9.45. The van der Waals surface area contributed by atoms with E-state index in [9.17, 15) is 19.2 Å². The van der Waals surface area contributed by atoms with E-state index in [1.165, 1.54) is 0 Å². The smallest absolute Gasteiger partial charge is 0.326 e. The van der Waals surface area contributed by atoms with Crippen molar-refractivity contribution < 1.29 is 24.3 Å². The number of benzene rings is 1. The average Bonchev–Trinajstić information content (AvgIpc) is 2.64. The van der Waals surface area contributed by atoms with Gasteiger partial charge in [-0.1, -0.05) is 32.0 Å². The van der Waals surface area contributed by atoms with Crippen LogP contribution >= 0.6 is 0 Å². The molecule has 1 aliphatic heterocycles. The van der Waals surface area contributed by atoms with E-state index >= 15 is 0 Å². The van der Waals surface area contributed by atoms with Gasteiger partial charge in [0.1, 0.15) is 6.04 Å². The Morgan fingerprint density at radius 1 is 1.14 bits per heavy atom. The fourth-order valence-corrected chi connectivity index (χ4v) is 3.16. The van der Waals surface area contributed by atoms with E-state index in [1.54, 1.807) is 4.90 Å². The minimum absolute atomic E-state index is 0.0257. The molecule has 2 rings (SSSR count). The lowest BCUT2D eigenvalue weighted by Gasteiger charge is -2.29. The van der Waals surface area contributed by atoms with E-state index in [1.807, 2.05) is 38.1 Å². The molecule has 8 nitrogen and oxygen atoms in total. The minimum atomic E-state index is -1.10. The number of carboxylic acid groups (broad SMARTS) is 1. The SMILES string of the molecule is CC(C)C[C@H](NC(=O)CNC(=O)CCN1C(=O)CCc2ccccc21)C(=O)O. The summed E-state index contributed by atoms with van der Waals surface area (Å²) in [5.74, 6) is -1.94. The number of carbonyl (C=O) groups excluding carboxylic acids is 3. The number of para-hydroxylation sites is 1. The van der Waals surface area contributed by atoms with Crippen LogP contribution in [0.3, 0.4) is 0 Å². The van der Waals surface area contributed by atoms with Crippen LogP contribution in [0.15, 0.2) is 24.3 Å². The van der Waals surface area contributed by atoms with Crippen molar-refractivity contribution in [2.24, 2.45) is 5.92 Å². The van der Waals surface area contributed by atoms with Gasteiger partial charge in [0, 0.05) is 25.1 Å². The van der Waals surface area contributed by atoms with Crippen LogP contribution in [0.4, 0.5) is 5.69 Å². The van der Waals surface area contributed by atoms with Gasteiger partial charge in [-0.25, -0.2) is 4.79 Å². The van der Waals surface area contributed by atoms with Gasteiger partial charge in [-0.3, -0.25) is 14.4 Å². The second-order valence-corrected chi connectivity index (χ2v) is 7.29. The second-order valence-electron chi connectivity index (χ2n) is 7.29. The maximum Gasteiger partial charge on any atom is 0.326 e. The number of nitrogens with zero attached hydrogens (tertiary/aromatic N) is 1. The second kappa shape index (κ2) is 9.87. The molecule has 0 spiro atoms. The zero-order valence-electron chi connectivity index (χ0n) is 16.2. The number of hydrogen-bond acceptors (Lipinski definition) is 4. The Morgan fingerprint density at radius 3 is 2.54 bits per heavy atom. The van der Waals surface area contributed by atoms with Crippen molar-refractivity contribution in [3.8, 4) is 0 Å². The molecular weight excluding hydrogens is 362 g/mol. The largest absolute Gasteiger partial charge is 0.480 e. The van der Waals surface area contributed by atoms with Crippen molar-refractivity contribution in [2.45, 2.75) is 45.6 Å². The molecule has 1 aromatic carbocycles. The van der Waals surface area contributed by atoms with Crippen LogP contribution in [0.1, 0.15) is 38.7 Å². The lowest BCUT2D eigenvalue weighted by Crippen LogP contribution is -2.46. The molecule has 1 aromatic rings. The van der Waals surface area contributed by atoms with E-state index in [4.69, 9.17) is 5.11 Å². The quantitative estimate of drug-likeness (QED) is 0.585. The Labute approximate surface area is 164 Å². The predicted octanol–water partition coefficient (Wildman–Crippen LogP) is 1.09. The number of anilines is 1. The van der Waals surface area contributed by atoms with Gasteiger partial charge in [-0.15, -0.1) is 0 Å². The van der Waals surface area contributed by atoms with Gasteiger partial charge < -0.3 is 20.6 Å². The molecule has 0 bridgehead atoms. The monoisotopic (exact) mass is 389 g/mol. The molecule has 0 saturated heterocycles. The van der Waals surface area contributed by atoms with E-state index in [0.29, 0.717) is 19.3 Å². The number of carboxylic acids is 1. The number of carbonyl (C=O) groups is 4. The van der Waals surface area contributed by atoms with Gasteiger partial charge in [0.15, 0.2) is 0 Å². The van der Waals surface area contributed by atoms with Gasteiger partial charge in [-0.2, -0.15) is 0 Å². The number of amides is 3. The molecule has 0 aliphatic carbocycles. The lowest BCUT2D eigenvalue weighted by molar-refractivity contribution is -0.142. The minimum Gasteiger partial charge on any atom is -0.480 e.